The lowest BCUT2D eigenvalue weighted by Gasteiger charge is -2.17. The second-order valence-corrected chi connectivity index (χ2v) is 43.3. The molecule has 764 valence electrons. The van der Waals surface area contributed by atoms with Crippen LogP contribution in [0.5, 0.6) is 34.5 Å². The number of ketones is 6. The maximum atomic E-state index is 13.5. The second kappa shape index (κ2) is 44.0. The minimum atomic E-state index is -3.92. The lowest BCUT2D eigenvalue weighted by Crippen LogP contribution is -2.24. The molecule has 0 spiro atoms. The molecule has 0 N–H and O–H groups in total. The first kappa shape index (κ1) is 107. The zero-order valence-electron chi connectivity index (χ0n) is 83.6. The molecule has 0 atom stereocenters. The highest BCUT2D eigenvalue weighted by Gasteiger charge is 2.36. The number of carbonyl (C=O) groups excluding carboxylic acids is 6. The lowest BCUT2D eigenvalue weighted by atomic mass is 10.0. The Balaban J connectivity index is 0.000000139. The Hall–Kier alpha value is -14.8. The van der Waals surface area contributed by atoms with Gasteiger partial charge in [0.2, 0.25) is 54.4 Å². The normalized spacial score (nSPS) is 12.6. The van der Waals surface area contributed by atoms with Gasteiger partial charge in [0.05, 0.1) is 84.4 Å². The van der Waals surface area contributed by atoms with E-state index in [1.54, 1.807) is 146 Å². The predicted molar refractivity (Wildman–Crippen MR) is 552 cm³/mol. The summed E-state index contributed by atoms with van der Waals surface area (Å²) >= 11 is 12.6. The minimum Gasteiger partial charge on any atom is -0.493 e. The van der Waals surface area contributed by atoms with E-state index in [1.165, 1.54) is 131 Å². The standard InChI is InChI=1S/2C22H19NO5S.C19H19NO5S.C16H21NO3.C15H16ClNO3.C14H14ClNO5S/c1-14-8-10-17(11-9-14)29(25,26)23-13-16-6-4-5-7-18(16)21(23)19-12-20(27-3)22(28-19)15(2)24;1-14-8-10-17(11-9-14)29(25,26)23-18-7-5-4-6-16(18)12-19(23)20-13-21(27-3)22(28-20)15(2)24;1-12-5-7-14(8-6-12)26(22,23)17-9-10-20(3)18(17)15-11-16(24-4)19(25-15)13(2)21;1-10(2)8-12-6-7-17(4)15(12)13-9-14(19-5)16(20-13)11(3)18;1-9(18)15-13(19-2)8-12(20-15)14-11(16)7-10-5-3-4-6-17(10)14;1-8(17)14-12(20-2)7-11(21-14)13-10(15)6-9-4-3-5-22(18,19)16(9)13/h2*4-13H,1-3H3;5-11H,1-4H3;6-7,9-10H,8H2,1-5H3;7-8H,3-6H2,1-2H3;6-7H,3-5H2,1-2H3. The Morgan fingerprint density at radius 1 is 0.404 bits per heavy atom. The van der Waals surface area contributed by atoms with E-state index < -0.39 is 39.9 Å². The summed E-state index contributed by atoms with van der Waals surface area (Å²) in [6.07, 6.45) is 10.7. The number of methoxy groups -OCH3 is 6. The van der Waals surface area contributed by atoms with E-state index in [0.717, 1.165) is 64.7 Å². The van der Waals surface area contributed by atoms with Crippen LogP contribution in [0.4, 0.5) is 0 Å². The zero-order chi connectivity index (χ0) is 106. The summed E-state index contributed by atoms with van der Waals surface area (Å²) in [6.45, 7) is 19.3. The van der Waals surface area contributed by atoms with Crippen molar-refractivity contribution in [3.63, 3.8) is 0 Å². The molecule has 14 heterocycles. The Morgan fingerprint density at radius 2 is 0.781 bits per heavy atom. The van der Waals surface area contributed by atoms with Crippen molar-refractivity contribution in [2.45, 2.75) is 141 Å². The van der Waals surface area contributed by atoms with E-state index in [0.29, 0.717) is 80.5 Å². The van der Waals surface area contributed by atoms with Gasteiger partial charge in [-0.1, -0.05) is 133 Å². The van der Waals surface area contributed by atoms with Crippen molar-refractivity contribution in [1.82, 2.24) is 25.6 Å². The van der Waals surface area contributed by atoms with Gasteiger partial charge in [-0.3, -0.25) is 28.8 Å². The van der Waals surface area contributed by atoms with Crippen molar-refractivity contribution >= 4 is 119 Å². The zero-order valence-corrected chi connectivity index (χ0v) is 88.3. The average Bonchev–Trinajstić information content (AvgIpc) is 1.61. The molecule has 19 rings (SSSR count). The highest BCUT2D eigenvalue weighted by Crippen LogP contribution is 2.46. The molecule has 0 amide bonds. The molecule has 2 aliphatic rings. The number of aryl methyl sites for hydroxylation is 7. The largest absolute Gasteiger partial charge is 0.493 e. The van der Waals surface area contributed by atoms with Crippen LogP contribution in [0.25, 0.3) is 90.4 Å². The SMILES string of the molecule is COc1cc(-c2c(CC(C)C)ccn2C)oc1C(C)=O.COc1cc(-c2c(Cl)cc3n2CCCC3)oc1C(C)=O.COc1cc(-c2c(Cl)cc3n2S(=O)(=O)CCC3)oc1C(C)=O.COc1cc(-c2c(S(=O)(=O)c3ccc(C)cc3)ccn2C)oc1C(C)=O.COc1cc(-c2c3ccccc3cn2S(=O)(=O)c2ccc(C)cc2)oc1C(C)=O.COc1cc(-c2cc3ccccc3n2S(=O)(=O)c2ccc(C)cc2)oc1C(C)=O. The molecule has 12 aromatic heterocycles. The number of sulfone groups is 1. The number of fused-ring (bicyclic) bond motifs is 4. The molecule has 0 bridgehead atoms. The third kappa shape index (κ3) is 21.9. The summed E-state index contributed by atoms with van der Waals surface area (Å²) < 4.78 is 179. The van der Waals surface area contributed by atoms with Crippen molar-refractivity contribution in [3.8, 4) is 103 Å². The number of aromatic nitrogens is 6. The quantitative estimate of drug-likeness (QED) is 0.0454. The third-order valence-corrected chi connectivity index (χ3v) is 31.7. The summed E-state index contributed by atoms with van der Waals surface area (Å²) in [5.74, 6) is 3.98. The fourth-order valence-electron chi connectivity index (χ4n) is 17.1. The molecule has 32 nitrogen and oxygen atoms in total. The van der Waals surface area contributed by atoms with Gasteiger partial charge in [0.15, 0.2) is 104 Å². The monoisotopic (exact) mass is 2100 g/mol. The molecular formula is C108H108Cl2N6O26S4. The highest BCUT2D eigenvalue weighted by atomic mass is 35.5. The van der Waals surface area contributed by atoms with Crippen LogP contribution in [-0.4, -0.2) is 142 Å². The van der Waals surface area contributed by atoms with Crippen molar-refractivity contribution in [3.05, 3.63) is 285 Å². The lowest BCUT2D eigenvalue weighted by molar-refractivity contribution is 0.0976. The van der Waals surface area contributed by atoms with Gasteiger partial charge in [-0.2, -0.15) is 0 Å². The Morgan fingerprint density at radius 3 is 1.24 bits per heavy atom. The summed E-state index contributed by atoms with van der Waals surface area (Å²) in [4.78, 5) is 70.9. The van der Waals surface area contributed by atoms with Gasteiger partial charge in [0, 0.05) is 145 Å². The van der Waals surface area contributed by atoms with Crippen molar-refractivity contribution in [1.29, 1.82) is 0 Å². The first-order chi connectivity index (χ1) is 69.3. The molecule has 2 aliphatic heterocycles. The fourth-order valence-corrected chi connectivity index (χ4v) is 23.8. The molecule has 0 radical (unpaired) electrons. The van der Waals surface area contributed by atoms with E-state index in [4.69, 9.17) is 78.1 Å². The smallest absolute Gasteiger partial charge is 0.268 e. The number of rotatable bonds is 26. The Kier molecular flexibility index (Phi) is 32.2. The van der Waals surface area contributed by atoms with E-state index >= 15 is 0 Å². The van der Waals surface area contributed by atoms with Crippen LogP contribution in [0.1, 0.15) is 172 Å². The van der Waals surface area contributed by atoms with Gasteiger partial charge in [-0.25, -0.2) is 45.6 Å². The van der Waals surface area contributed by atoms with Crippen LogP contribution in [-0.2, 0) is 79.8 Å². The number of ether oxygens (including phenoxy) is 6. The molecule has 146 heavy (non-hydrogen) atoms. The average molecular weight is 2110 g/mol. The van der Waals surface area contributed by atoms with E-state index in [-0.39, 0.29) is 151 Å². The van der Waals surface area contributed by atoms with Crippen LogP contribution in [0.3, 0.4) is 0 Å². The fraction of sp³-hybridized carbons (Fsp3) is 0.259. The van der Waals surface area contributed by atoms with Crippen molar-refractivity contribution in [2.24, 2.45) is 20.0 Å². The first-order valence-electron chi connectivity index (χ1n) is 45.9. The third-order valence-electron chi connectivity index (χ3n) is 24.1. The highest BCUT2D eigenvalue weighted by molar-refractivity contribution is 7.92. The number of furan rings is 6. The second-order valence-electron chi connectivity index (χ2n) is 35.0. The molecule has 17 aromatic rings. The number of halogens is 2. The minimum absolute atomic E-state index is 0.0392. The van der Waals surface area contributed by atoms with Gasteiger partial charge >= 0.3 is 0 Å². The van der Waals surface area contributed by atoms with Gasteiger partial charge in [0.25, 0.3) is 20.0 Å². The topological polar surface area (TPSA) is 403 Å². The van der Waals surface area contributed by atoms with E-state index in [1.807, 2.05) is 81.0 Å². The summed E-state index contributed by atoms with van der Waals surface area (Å²) in [5, 5.41) is 3.09. The molecule has 0 unspecified atom stereocenters. The van der Waals surface area contributed by atoms with Gasteiger partial charge in [0.1, 0.15) is 33.4 Å². The van der Waals surface area contributed by atoms with E-state index in [9.17, 15) is 62.4 Å². The Labute approximate surface area is 853 Å². The summed E-state index contributed by atoms with van der Waals surface area (Å²) in [7, 11) is -2.60. The Bertz CT molecular complexity index is 8330. The maximum absolute atomic E-state index is 13.5. The maximum Gasteiger partial charge on any atom is 0.268 e. The van der Waals surface area contributed by atoms with Crippen LogP contribution in [0.15, 0.2) is 253 Å². The van der Waals surface area contributed by atoms with E-state index in [2.05, 4.69) is 24.5 Å². The van der Waals surface area contributed by atoms with Gasteiger partial charge in [-0.05, 0) is 144 Å². The number of nitrogens with zero attached hydrogens (tertiary/aromatic N) is 6. The van der Waals surface area contributed by atoms with Crippen LogP contribution < -0.4 is 28.4 Å². The summed E-state index contributed by atoms with van der Waals surface area (Å²) in [6, 6.07) is 53.0. The number of hydrogen-bond donors (Lipinski definition) is 0. The number of benzene rings is 5. The van der Waals surface area contributed by atoms with Crippen LogP contribution >= 0.6 is 23.2 Å². The van der Waals surface area contributed by atoms with Gasteiger partial charge < -0.3 is 68.6 Å². The predicted octanol–water partition coefficient (Wildman–Crippen LogP) is 23.3. The number of para-hydroxylation sites is 1. The first-order valence-corrected chi connectivity index (χ1v) is 52.7. The summed E-state index contributed by atoms with van der Waals surface area (Å²) in [5.41, 5.74) is 9.56. The molecule has 0 fully saturated rings. The molecule has 0 saturated heterocycles. The van der Waals surface area contributed by atoms with Crippen LogP contribution in [0, 0.1) is 26.7 Å². The molecule has 0 aliphatic carbocycles. The van der Waals surface area contributed by atoms with Crippen LogP contribution in [0.2, 0.25) is 10.0 Å². The molecule has 5 aromatic carbocycles. The number of Topliss-reactive ketones (excluding diaryl/α,β-unsaturated/α-hetero) is 6. The number of hydrogen-bond acceptors (Lipinski definition) is 26. The van der Waals surface area contributed by atoms with Crippen molar-refractivity contribution in [2.75, 3.05) is 48.4 Å². The van der Waals surface area contributed by atoms with Crippen molar-refractivity contribution < 1.29 is 117 Å². The van der Waals surface area contributed by atoms with Gasteiger partial charge in [-0.15, -0.1) is 0 Å². The molecular weight excluding hydrogens is 2000 g/mol. The molecule has 38 heteroatoms. The molecule has 0 saturated carbocycles. The number of carbonyl (C=O) groups is 6.